The molecule has 0 saturated heterocycles. The van der Waals surface area contributed by atoms with Crippen LogP contribution in [0.25, 0.3) is 60.5 Å². The number of hydrogen-bond acceptors (Lipinski definition) is 1. The minimum absolute atomic E-state index is 0.0885. The SMILES string of the molecule is c1ccc(-c2ccc(N(c3cccc4c3C3(c5c-4cccc5-n4c5ccccc5c5ccccc54)C4CC5CC(C4)C3C5)c3cccc4ccccc34)cc2)cc1. The zero-order valence-corrected chi connectivity index (χ0v) is 31.9. The minimum atomic E-state index is -0.0885. The Morgan fingerprint density at radius 2 is 1.07 bits per heavy atom. The molecule has 0 aliphatic heterocycles. The molecule has 9 aromatic rings. The van der Waals surface area contributed by atoms with Gasteiger partial charge in [0.2, 0.25) is 0 Å². The Morgan fingerprint density at radius 3 is 1.84 bits per heavy atom. The molecule has 8 aromatic carbocycles. The highest BCUT2D eigenvalue weighted by atomic mass is 15.1. The van der Waals surface area contributed by atoms with Crippen LogP contribution in [0.5, 0.6) is 0 Å². The van der Waals surface area contributed by atoms with Gasteiger partial charge in [-0.25, -0.2) is 0 Å². The molecule has 1 spiro atoms. The molecule has 5 atom stereocenters. The Hall–Kier alpha value is -6.38. The molecular formula is C55H42N2. The van der Waals surface area contributed by atoms with Crippen molar-refractivity contribution >= 4 is 49.6 Å². The first kappa shape index (κ1) is 31.8. The molecule has 2 heteroatoms. The molecule has 5 unspecified atom stereocenters. The van der Waals surface area contributed by atoms with Crippen LogP contribution in [0.2, 0.25) is 0 Å². The van der Waals surface area contributed by atoms with E-state index in [1.165, 1.54) is 103 Å². The lowest BCUT2D eigenvalue weighted by Crippen LogP contribution is -2.42. The molecule has 0 radical (unpaired) electrons. The van der Waals surface area contributed by atoms with E-state index in [4.69, 9.17) is 0 Å². The summed E-state index contributed by atoms with van der Waals surface area (Å²) in [5.41, 5.74) is 16.1. The molecule has 272 valence electrons. The summed E-state index contributed by atoms with van der Waals surface area (Å²) in [5.74, 6) is 2.84. The summed E-state index contributed by atoms with van der Waals surface area (Å²) >= 11 is 0. The lowest BCUT2D eigenvalue weighted by atomic mass is 9.58. The van der Waals surface area contributed by atoms with Gasteiger partial charge in [0.25, 0.3) is 0 Å². The lowest BCUT2D eigenvalue weighted by molar-refractivity contribution is 0.191. The third-order valence-corrected chi connectivity index (χ3v) is 14.7. The summed E-state index contributed by atoms with van der Waals surface area (Å²) in [5, 5.41) is 5.18. The van der Waals surface area contributed by atoms with Crippen LogP contribution in [0.1, 0.15) is 36.8 Å². The summed E-state index contributed by atoms with van der Waals surface area (Å²) in [6.07, 6.45) is 5.37. The monoisotopic (exact) mass is 730 g/mol. The summed E-state index contributed by atoms with van der Waals surface area (Å²) in [4.78, 5) is 2.63. The number of fused-ring (bicyclic) bond motifs is 7. The average Bonchev–Trinajstić information content (AvgIpc) is 3.94. The molecule has 5 aliphatic rings. The van der Waals surface area contributed by atoms with Gasteiger partial charge in [-0.2, -0.15) is 0 Å². The smallest absolute Gasteiger partial charge is 0.0541 e. The first-order valence-electron chi connectivity index (χ1n) is 21.0. The van der Waals surface area contributed by atoms with Crippen molar-refractivity contribution in [3.8, 4) is 27.9 Å². The lowest BCUT2D eigenvalue weighted by Gasteiger charge is -2.46. The van der Waals surface area contributed by atoms with Crippen LogP contribution >= 0.6 is 0 Å². The fourth-order valence-corrected chi connectivity index (χ4v) is 12.9. The van der Waals surface area contributed by atoms with Crippen LogP contribution in [-0.2, 0) is 5.41 Å². The number of para-hydroxylation sites is 2. The number of hydrogen-bond donors (Lipinski definition) is 0. The van der Waals surface area contributed by atoms with E-state index in [0.29, 0.717) is 11.8 Å². The number of benzene rings is 8. The molecule has 0 amide bonds. The van der Waals surface area contributed by atoms with Crippen molar-refractivity contribution in [1.82, 2.24) is 4.57 Å². The van der Waals surface area contributed by atoms with E-state index in [1.54, 1.807) is 11.1 Å². The van der Waals surface area contributed by atoms with Gasteiger partial charge in [-0.3, -0.25) is 0 Å². The number of nitrogens with zero attached hydrogens (tertiary/aromatic N) is 2. The number of rotatable bonds is 5. The summed E-state index contributed by atoms with van der Waals surface area (Å²) < 4.78 is 2.63. The van der Waals surface area contributed by atoms with Crippen LogP contribution in [-0.4, -0.2) is 4.57 Å². The first-order valence-corrected chi connectivity index (χ1v) is 21.0. The van der Waals surface area contributed by atoms with Gasteiger partial charge in [-0.15, -0.1) is 0 Å². The molecule has 1 heterocycles. The van der Waals surface area contributed by atoms with Gasteiger partial charge in [0, 0.05) is 27.3 Å². The van der Waals surface area contributed by atoms with Crippen molar-refractivity contribution < 1.29 is 0 Å². The molecule has 4 fully saturated rings. The maximum atomic E-state index is 2.63. The predicted molar refractivity (Wildman–Crippen MR) is 237 cm³/mol. The van der Waals surface area contributed by atoms with Gasteiger partial charge >= 0.3 is 0 Å². The zero-order valence-electron chi connectivity index (χ0n) is 31.9. The predicted octanol–water partition coefficient (Wildman–Crippen LogP) is 14.4. The summed E-state index contributed by atoms with van der Waals surface area (Å²) in [7, 11) is 0. The van der Waals surface area contributed by atoms with Gasteiger partial charge in [0.15, 0.2) is 0 Å². The highest BCUT2D eigenvalue weighted by Crippen LogP contribution is 2.75. The fraction of sp³-hybridized carbons (Fsp3) is 0.164. The molecular weight excluding hydrogens is 689 g/mol. The van der Waals surface area contributed by atoms with Crippen molar-refractivity contribution in [3.63, 3.8) is 0 Å². The Balaban J connectivity index is 1.11. The second-order valence-corrected chi connectivity index (χ2v) is 17.3. The van der Waals surface area contributed by atoms with E-state index in [1.807, 2.05) is 0 Å². The van der Waals surface area contributed by atoms with E-state index < -0.39 is 0 Å². The van der Waals surface area contributed by atoms with Crippen molar-refractivity contribution in [2.45, 2.75) is 31.1 Å². The molecule has 2 nitrogen and oxygen atoms in total. The van der Waals surface area contributed by atoms with Crippen LogP contribution in [0.15, 0.2) is 182 Å². The maximum Gasteiger partial charge on any atom is 0.0541 e. The second kappa shape index (κ2) is 11.8. The van der Waals surface area contributed by atoms with E-state index in [0.717, 1.165) is 11.8 Å². The van der Waals surface area contributed by atoms with Crippen LogP contribution < -0.4 is 4.90 Å². The van der Waals surface area contributed by atoms with Crippen molar-refractivity contribution in [1.29, 1.82) is 0 Å². The first-order chi connectivity index (χ1) is 28.3. The average molecular weight is 731 g/mol. The molecule has 14 rings (SSSR count). The van der Waals surface area contributed by atoms with Crippen LogP contribution in [0, 0.1) is 23.7 Å². The fourth-order valence-electron chi connectivity index (χ4n) is 12.9. The third-order valence-electron chi connectivity index (χ3n) is 14.7. The van der Waals surface area contributed by atoms with Crippen molar-refractivity contribution in [3.05, 3.63) is 193 Å². The van der Waals surface area contributed by atoms with E-state index >= 15 is 0 Å². The minimum Gasteiger partial charge on any atom is -0.310 e. The van der Waals surface area contributed by atoms with Gasteiger partial charge < -0.3 is 9.47 Å². The summed E-state index contributed by atoms with van der Waals surface area (Å²) in [6.45, 7) is 0. The van der Waals surface area contributed by atoms with E-state index in [2.05, 4.69) is 191 Å². The standard InChI is InChI=1S/C55H42N2/c1-2-13-36(14-3-1)37-27-29-41(30-28-37)56(48-24-10-16-38-15-4-5-17-42(38)48)51-25-11-20-45-46-21-12-26-52(57-49-22-8-6-18-43(49)44-19-7-9-23-50(44)57)54(46)55(53(45)51)40-32-35-31-39(34-40)47(55)33-35/h1-30,35,39-40,47H,31-34H2. The quantitative estimate of drug-likeness (QED) is 0.171. The molecule has 1 aromatic heterocycles. The van der Waals surface area contributed by atoms with Crippen molar-refractivity contribution in [2.75, 3.05) is 4.90 Å². The van der Waals surface area contributed by atoms with E-state index in [9.17, 15) is 0 Å². The molecule has 0 N–H and O–H groups in total. The van der Waals surface area contributed by atoms with E-state index in [-0.39, 0.29) is 5.41 Å². The highest BCUT2D eigenvalue weighted by molar-refractivity contribution is 6.10. The van der Waals surface area contributed by atoms with Crippen molar-refractivity contribution in [2.24, 2.45) is 23.7 Å². The number of aromatic nitrogens is 1. The Kier molecular flexibility index (Phi) is 6.59. The molecule has 4 bridgehead atoms. The normalized spacial score (nSPS) is 22.5. The largest absolute Gasteiger partial charge is 0.310 e. The maximum absolute atomic E-state index is 2.63. The second-order valence-electron chi connectivity index (χ2n) is 17.3. The molecule has 4 saturated carbocycles. The number of anilines is 3. The van der Waals surface area contributed by atoms with Crippen LogP contribution in [0.3, 0.4) is 0 Å². The third kappa shape index (κ3) is 4.25. The topological polar surface area (TPSA) is 8.17 Å². The van der Waals surface area contributed by atoms with Crippen LogP contribution in [0.4, 0.5) is 17.1 Å². The van der Waals surface area contributed by atoms with Gasteiger partial charge in [0.1, 0.15) is 0 Å². The molecule has 57 heavy (non-hydrogen) atoms. The van der Waals surface area contributed by atoms with Gasteiger partial charge in [-0.05, 0) is 131 Å². The molecule has 5 aliphatic carbocycles. The Labute approximate surface area is 333 Å². The van der Waals surface area contributed by atoms with Gasteiger partial charge in [0.05, 0.1) is 28.1 Å². The Bertz CT molecular complexity index is 3000. The summed E-state index contributed by atoms with van der Waals surface area (Å²) in [6, 6.07) is 68.5. The zero-order chi connectivity index (χ0) is 37.2. The van der Waals surface area contributed by atoms with Gasteiger partial charge in [-0.1, -0.05) is 140 Å². The highest BCUT2D eigenvalue weighted by Gasteiger charge is 2.67. The Morgan fingerprint density at radius 1 is 0.456 bits per heavy atom.